The van der Waals surface area contributed by atoms with E-state index in [0.717, 1.165) is 14.2 Å². The quantitative estimate of drug-likeness (QED) is 0.466. The molecule has 0 bridgehead atoms. The third kappa shape index (κ3) is 29.9. The Hall–Kier alpha value is 1.50. The molecule has 0 aliphatic rings. The molecule has 3 heteroatoms. The van der Waals surface area contributed by atoms with Crippen molar-refractivity contribution in [2.75, 3.05) is 14.2 Å². The average Bonchev–Trinajstić information content (AvgIpc) is 1.50. The summed E-state index contributed by atoms with van der Waals surface area (Å²) >= 11 is 0. The summed E-state index contributed by atoms with van der Waals surface area (Å²) in [6.07, 6.45) is 0. The summed E-state index contributed by atoms with van der Waals surface area (Å²) in [7, 11) is 1.50. The maximum absolute atomic E-state index is 8.25. The van der Waals surface area contributed by atoms with Crippen LogP contribution in [0.3, 0.4) is 0 Å². The van der Waals surface area contributed by atoms with Crippen molar-refractivity contribution in [3.05, 3.63) is 0 Å². The minimum Gasteiger partial charge on any atom is -0.857 e. The Morgan fingerprint density at radius 1 is 0.800 bits per heavy atom. The van der Waals surface area contributed by atoms with E-state index in [9.17, 15) is 0 Å². The van der Waals surface area contributed by atoms with E-state index >= 15 is 0 Å². The van der Waals surface area contributed by atoms with Gasteiger partial charge in [-0.25, -0.2) is 0 Å². The summed E-state index contributed by atoms with van der Waals surface area (Å²) in [6.45, 7) is 0. The molecule has 2 nitrogen and oxygen atoms in total. The molecule has 0 aliphatic carbocycles. The van der Waals surface area contributed by atoms with Crippen molar-refractivity contribution < 1.29 is 59.6 Å². The van der Waals surface area contributed by atoms with Crippen LogP contribution in [0.15, 0.2) is 0 Å². The maximum atomic E-state index is 8.25. The summed E-state index contributed by atoms with van der Waals surface area (Å²) in [5.41, 5.74) is 0. The van der Waals surface area contributed by atoms with Crippen molar-refractivity contribution in [1.82, 2.24) is 0 Å². The number of hydrogen-bond acceptors (Lipinski definition) is 2. The number of hydrogen-bond donors (Lipinski definition) is 0. The predicted molar refractivity (Wildman–Crippen MR) is 11.8 cm³/mol. The maximum Gasteiger partial charge on any atom is 2.00 e. The minimum absolute atomic E-state index is 0. The van der Waals surface area contributed by atoms with Crippen LogP contribution in [0.1, 0.15) is 0 Å². The van der Waals surface area contributed by atoms with Crippen LogP contribution in [0.4, 0.5) is 0 Å². The normalized spacial score (nSPS) is 2.40. The molecule has 0 aromatic rings. The fraction of sp³-hybridized carbons (Fsp3) is 1.00. The van der Waals surface area contributed by atoms with Crippen molar-refractivity contribution in [3.63, 3.8) is 0 Å². The third-order valence-electron chi connectivity index (χ3n) is 0. The van der Waals surface area contributed by atoms with Gasteiger partial charge in [-0.15, -0.1) is 0 Å². The molecule has 0 aromatic heterocycles. The van der Waals surface area contributed by atoms with E-state index < -0.39 is 0 Å². The summed E-state index contributed by atoms with van der Waals surface area (Å²) in [4.78, 5) is 0. The average molecular weight is 214 g/mol. The molecular formula is C2H6EuO2. The summed E-state index contributed by atoms with van der Waals surface area (Å²) in [5, 5.41) is 16.5. The van der Waals surface area contributed by atoms with Gasteiger partial charge in [-0.05, 0) is 0 Å². The second-order valence-electron chi connectivity index (χ2n) is 0. The molecule has 0 unspecified atom stereocenters. The van der Waals surface area contributed by atoms with Crippen molar-refractivity contribution >= 4 is 0 Å². The standard InChI is InChI=1S/2CH3O.Eu/c2*1-2;/h2*1H3;/q2*-1;+2. The van der Waals surface area contributed by atoms with E-state index in [-0.39, 0.29) is 49.4 Å². The van der Waals surface area contributed by atoms with Crippen LogP contribution in [0.5, 0.6) is 0 Å². The Balaban J connectivity index is -0.0000000133. The van der Waals surface area contributed by atoms with Crippen LogP contribution >= 0.6 is 0 Å². The van der Waals surface area contributed by atoms with Gasteiger partial charge in [0, 0.05) is 0 Å². The van der Waals surface area contributed by atoms with Crippen LogP contribution in [0.25, 0.3) is 0 Å². The minimum atomic E-state index is 0. The van der Waals surface area contributed by atoms with Crippen molar-refractivity contribution in [2.24, 2.45) is 0 Å². The van der Waals surface area contributed by atoms with Gasteiger partial charge in [0.1, 0.15) is 0 Å². The fourth-order valence-corrected chi connectivity index (χ4v) is 0. The first-order valence-corrected chi connectivity index (χ1v) is 0.816. The molecule has 0 spiro atoms. The van der Waals surface area contributed by atoms with Crippen LogP contribution in [-0.2, 0) is 0 Å². The second kappa shape index (κ2) is 49.3. The van der Waals surface area contributed by atoms with Gasteiger partial charge >= 0.3 is 49.4 Å². The summed E-state index contributed by atoms with van der Waals surface area (Å²) in [5.74, 6) is 0. The Kier molecular flexibility index (Phi) is 158. The van der Waals surface area contributed by atoms with E-state index in [4.69, 9.17) is 10.2 Å². The van der Waals surface area contributed by atoms with Crippen LogP contribution < -0.4 is 10.2 Å². The largest absolute Gasteiger partial charge is 2.00 e. The first-order chi connectivity index (χ1) is 2.00. The van der Waals surface area contributed by atoms with Gasteiger partial charge in [0.25, 0.3) is 0 Å². The SMILES string of the molecule is C[O-].C[O-].[Eu+2]. The van der Waals surface area contributed by atoms with Crippen LogP contribution in [-0.4, -0.2) is 14.2 Å². The smallest absolute Gasteiger partial charge is 0.857 e. The van der Waals surface area contributed by atoms with Crippen LogP contribution in [0, 0.1) is 49.4 Å². The van der Waals surface area contributed by atoms with Gasteiger partial charge in [0.05, 0.1) is 0 Å². The zero-order valence-corrected chi connectivity index (χ0v) is 5.62. The Morgan fingerprint density at radius 2 is 0.800 bits per heavy atom. The van der Waals surface area contributed by atoms with E-state index in [1.807, 2.05) is 0 Å². The molecule has 0 amide bonds. The van der Waals surface area contributed by atoms with Gasteiger partial charge in [0.2, 0.25) is 0 Å². The molecule has 0 saturated carbocycles. The molecule has 5 heavy (non-hydrogen) atoms. The van der Waals surface area contributed by atoms with E-state index in [0.29, 0.717) is 0 Å². The monoisotopic (exact) mass is 215 g/mol. The fourth-order valence-electron chi connectivity index (χ4n) is 0. The van der Waals surface area contributed by atoms with E-state index in [2.05, 4.69) is 0 Å². The Bertz CT molecular complexity index is 7.61. The zero-order chi connectivity index (χ0) is 4.00. The first-order valence-electron chi connectivity index (χ1n) is 0.816. The van der Waals surface area contributed by atoms with Crippen molar-refractivity contribution in [1.29, 1.82) is 0 Å². The molecular weight excluding hydrogens is 208 g/mol. The van der Waals surface area contributed by atoms with E-state index in [1.165, 1.54) is 0 Å². The third-order valence-corrected chi connectivity index (χ3v) is 0. The Labute approximate surface area is 72.7 Å². The molecule has 0 aromatic carbocycles. The second-order valence-corrected chi connectivity index (χ2v) is 0. The molecule has 0 aliphatic heterocycles. The van der Waals surface area contributed by atoms with Crippen LogP contribution in [0.2, 0.25) is 0 Å². The summed E-state index contributed by atoms with van der Waals surface area (Å²) in [6, 6.07) is 0. The topological polar surface area (TPSA) is 46.1 Å². The van der Waals surface area contributed by atoms with Gasteiger partial charge < -0.3 is 10.2 Å². The first kappa shape index (κ1) is 16.0. The van der Waals surface area contributed by atoms with Gasteiger partial charge in [-0.1, -0.05) is 0 Å². The molecule has 0 saturated heterocycles. The van der Waals surface area contributed by atoms with E-state index in [1.54, 1.807) is 0 Å². The summed E-state index contributed by atoms with van der Waals surface area (Å²) < 4.78 is 0. The molecule has 0 heterocycles. The van der Waals surface area contributed by atoms with Gasteiger partial charge in [-0.2, -0.15) is 14.2 Å². The van der Waals surface area contributed by atoms with Gasteiger partial charge in [0.15, 0.2) is 0 Å². The molecule has 0 N–H and O–H groups in total. The van der Waals surface area contributed by atoms with Crippen molar-refractivity contribution in [3.8, 4) is 0 Å². The molecule has 1 radical (unpaired) electrons. The van der Waals surface area contributed by atoms with Crippen molar-refractivity contribution in [2.45, 2.75) is 0 Å². The Morgan fingerprint density at radius 3 is 0.800 bits per heavy atom. The molecule has 0 atom stereocenters. The molecule has 0 fully saturated rings. The molecule has 33 valence electrons. The van der Waals surface area contributed by atoms with Gasteiger partial charge in [-0.3, -0.25) is 0 Å². The zero-order valence-electron chi connectivity index (χ0n) is 3.19. The molecule has 0 rings (SSSR count). The predicted octanol–water partition coefficient (Wildman–Crippen LogP) is -2.05. The number of rotatable bonds is 0.